The summed E-state index contributed by atoms with van der Waals surface area (Å²) in [7, 11) is 0. The second-order valence-electron chi connectivity index (χ2n) is 5.02. The van der Waals surface area contributed by atoms with Gasteiger partial charge in [-0.2, -0.15) is 0 Å². The Morgan fingerprint density at radius 3 is 2.77 bits per heavy atom. The second kappa shape index (κ2) is 7.79. The van der Waals surface area contributed by atoms with E-state index in [-0.39, 0.29) is 11.7 Å². The van der Waals surface area contributed by atoms with Crippen molar-refractivity contribution in [1.82, 2.24) is 0 Å². The summed E-state index contributed by atoms with van der Waals surface area (Å²) >= 11 is 4.62. The van der Waals surface area contributed by atoms with Gasteiger partial charge in [-0.1, -0.05) is 34.1 Å². The Kier molecular flexibility index (Phi) is 6.03. The summed E-state index contributed by atoms with van der Waals surface area (Å²) in [6.07, 6.45) is 0. The molecule has 0 spiro atoms. The maximum Gasteiger partial charge on any atom is 0.234 e. The fourth-order valence-electron chi connectivity index (χ4n) is 1.97. The van der Waals surface area contributed by atoms with E-state index < -0.39 is 0 Å². The van der Waals surface area contributed by atoms with Gasteiger partial charge in [-0.3, -0.25) is 4.79 Å². The molecular formula is C17H17BrFNOS. The quantitative estimate of drug-likeness (QED) is 0.782. The Hall–Kier alpha value is -1.33. The van der Waals surface area contributed by atoms with Crippen LogP contribution in [0, 0.1) is 19.7 Å². The van der Waals surface area contributed by atoms with Crippen molar-refractivity contribution in [2.45, 2.75) is 19.6 Å². The largest absolute Gasteiger partial charge is 0.325 e. The lowest BCUT2D eigenvalue weighted by Crippen LogP contribution is -2.15. The van der Waals surface area contributed by atoms with Gasteiger partial charge in [-0.15, -0.1) is 11.8 Å². The number of nitrogens with one attached hydrogen (secondary N) is 1. The molecule has 0 radical (unpaired) electrons. The first kappa shape index (κ1) is 17.0. The van der Waals surface area contributed by atoms with Crippen molar-refractivity contribution in [3.05, 3.63) is 63.4 Å². The van der Waals surface area contributed by atoms with Crippen LogP contribution in [0.5, 0.6) is 0 Å². The van der Waals surface area contributed by atoms with Gasteiger partial charge in [0.15, 0.2) is 0 Å². The first-order chi connectivity index (χ1) is 10.5. The first-order valence-corrected chi connectivity index (χ1v) is 8.80. The van der Waals surface area contributed by atoms with Crippen LogP contribution in [0.1, 0.15) is 16.7 Å². The number of carbonyl (C=O) groups excluding carboxylic acids is 1. The van der Waals surface area contributed by atoms with Crippen LogP contribution in [0.3, 0.4) is 0 Å². The lowest BCUT2D eigenvalue weighted by atomic mass is 10.1. The monoisotopic (exact) mass is 381 g/mol. The Morgan fingerprint density at radius 2 is 2.05 bits per heavy atom. The van der Waals surface area contributed by atoms with Gasteiger partial charge in [0.25, 0.3) is 0 Å². The molecule has 2 nitrogen and oxygen atoms in total. The standard InChI is InChI=1S/C17H17BrFNOS/c1-11-4-3-5-16(12(11)2)20-17(21)10-22-9-13-6-7-14(18)8-15(13)19/h3-8H,9-10H2,1-2H3,(H,20,21). The highest BCUT2D eigenvalue weighted by Gasteiger charge is 2.08. The molecule has 0 aliphatic carbocycles. The van der Waals surface area contributed by atoms with Crippen molar-refractivity contribution in [2.75, 3.05) is 11.1 Å². The topological polar surface area (TPSA) is 29.1 Å². The minimum absolute atomic E-state index is 0.0729. The average molecular weight is 382 g/mol. The number of hydrogen-bond donors (Lipinski definition) is 1. The molecule has 0 saturated carbocycles. The maximum absolute atomic E-state index is 13.7. The summed E-state index contributed by atoms with van der Waals surface area (Å²) in [4.78, 5) is 12.0. The van der Waals surface area contributed by atoms with Crippen molar-refractivity contribution in [3.8, 4) is 0 Å². The molecule has 0 saturated heterocycles. The molecule has 22 heavy (non-hydrogen) atoms. The number of carbonyl (C=O) groups is 1. The van der Waals surface area contributed by atoms with Crippen LogP contribution in [0.15, 0.2) is 40.9 Å². The fraction of sp³-hybridized carbons (Fsp3) is 0.235. The van der Waals surface area contributed by atoms with Gasteiger partial charge in [0.05, 0.1) is 5.75 Å². The van der Waals surface area contributed by atoms with Gasteiger partial charge in [0.1, 0.15) is 5.82 Å². The van der Waals surface area contributed by atoms with Crippen LogP contribution in [0.4, 0.5) is 10.1 Å². The van der Waals surface area contributed by atoms with Gasteiger partial charge in [-0.25, -0.2) is 4.39 Å². The van der Waals surface area contributed by atoms with E-state index in [9.17, 15) is 9.18 Å². The van der Waals surface area contributed by atoms with E-state index in [1.165, 1.54) is 17.8 Å². The minimum atomic E-state index is -0.253. The van der Waals surface area contributed by atoms with Crippen molar-refractivity contribution in [2.24, 2.45) is 0 Å². The predicted octanol–water partition coefficient (Wildman–Crippen LogP) is 5.08. The predicted molar refractivity (Wildman–Crippen MR) is 94.8 cm³/mol. The highest BCUT2D eigenvalue weighted by atomic mass is 79.9. The molecule has 0 aliphatic rings. The molecule has 0 atom stereocenters. The molecule has 0 unspecified atom stereocenters. The number of rotatable bonds is 5. The van der Waals surface area contributed by atoms with E-state index in [4.69, 9.17) is 0 Å². The van der Waals surface area contributed by atoms with Crippen LogP contribution in [0.2, 0.25) is 0 Å². The van der Waals surface area contributed by atoms with E-state index in [2.05, 4.69) is 21.2 Å². The van der Waals surface area contributed by atoms with E-state index in [0.717, 1.165) is 16.8 Å². The molecular weight excluding hydrogens is 365 g/mol. The van der Waals surface area contributed by atoms with E-state index in [0.29, 0.717) is 21.5 Å². The number of thioether (sulfide) groups is 1. The highest BCUT2D eigenvalue weighted by Crippen LogP contribution is 2.21. The lowest BCUT2D eigenvalue weighted by molar-refractivity contribution is -0.113. The summed E-state index contributed by atoms with van der Waals surface area (Å²) in [6.45, 7) is 3.99. The number of anilines is 1. The summed E-state index contributed by atoms with van der Waals surface area (Å²) in [5.41, 5.74) is 3.65. The zero-order chi connectivity index (χ0) is 16.1. The van der Waals surface area contributed by atoms with Crippen molar-refractivity contribution < 1.29 is 9.18 Å². The zero-order valence-electron chi connectivity index (χ0n) is 12.5. The van der Waals surface area contributed by atoms with E-state index in [1.807, 2.05) is 32.0 Å². The van der Waals surface area contributed by atoms with Crippen LogP contribution in [-0.2, 0) is 10.5 Å². The van der Waals surface area contributed by atoms with Crippen LogP contribution in [0.25, 0.3) is 0 Å². The summed E-state index contributed by atoms with van der Waals surface area (Å²) < 4.78 is 14.4. The first-order valence-electron chi connectivity index (χ1n) is 6.85. The molecule has 2 rings (SSSR count). The zero-order valence-corrected chi connectivity index (χ0v) is 14.9. The SMILES string of the molecule is Cc1cccc(NC(=O)CSCc2ccc(Br)cc2F)c1C. The molecule has 0 aliphatic heterocycles. The fourth-order valence-corrected chi connectivity index (χ4v) is 3.11. The Balaban J connectivity index is 1.87. The summed E-state index contributed by atoms with van der Waals surface area (Å²) in [5.74, 6) is 0.440. The number of aryl methyl sites for hydroxylation is 1. The minimum Gasteiger partial charge on any atom is -0.325 e. The molecule has 2 aromatic rings. The Labute approximate surface area is 142 Å². The molecule has 1 N–H and O–H groups in total. The molecule has 5 heteroatoms. The van der Waals surface area contributed by atoms with Crippen LogP contribution < -0.4 is 5.32 Å². The third-order valence-electron chi connectivity index (χ3n) is 3.38. The number of amides is 1. The van der Waals surface area contributed by atoms with Crippen molar-refractivity contribution in [3.63, 3.8) is 0 Å². The second-order valence-corrected chi connectivity index (χ2v) is 6.93. The highest BCUT2D eigenvalue weighted by molar-refractivity contribution is 9.10. The molecule has 0 bridgehead atoms. The van der Waals surface area contributed by atoms with Gasteiger partial charge < -0.3 is 5.32 Å². The van der Waals surface area contributed by atoms with Crippen LogP contribution in [-0.4, -0.2) is 11.7 Å². The van der Waals surface area contributed by atoms with Gasteiger partial charge in [0.2, 0.25) is 5.91 Å². The van der Waals surface area contributed by atoms with Crippen molar-refractivity contribution in [1.29, 1.82) is 0 Å². The maximum atomic E-state index is 13.7. The third kappa shape index (κ3) is 4.58. The molecule has 0 aromatic heterocycles. The average Bonchev–Trinajstić information content (AvgIpc) is 2.46. The molecule has 0 heterocycles. The van der Waals surface area contributed by atoms with Gasteiger partial charge >= 0.3 is 0 Å². The van der Waals surface area contributed by atoms with Crippen LogP contribution >= 0.6 is 27.7 Å². The normalized spacial score (nSPS) is 10.5. The number of halogens is 2. The molecule has 1 amide bonds. The Bertz CT molecular complexity index is 690. The number of hydrogen-bond acceptors (Lipinski definition) is 2. The van der Waals surface area contributed by atoms with E-state index in [1.54, 1.807) is 12.1 Å². The van der Waals surface area contributed by atoms with Gasteiger partial charge in [-0.05, 0) is 48.7 Å². The summed E-state index contributed by atoms with van der Waals surface area (Å²) in [5, 5.41) is 2.90. The van der Waals surface area contributed by atoms with Crippen molar-refractivity contribution >= 4 is 39.3 Å². The van der Waals surface area contributed by atoms with E-state index >= 15 is 0 Å². The number of benzene rings is 2. The summed E-state index contributed by atoms with van der Waals surface area (Å²) in [6, 6.07) is 10.8. The molecule has 0 fully saturated rings. The smallest absolute Gasteiger partial charge is 0.234 e. The van der Waals surface area contributed by atoms with Gasteiger partial charge in [0, 0.05) is 15.9 Å². The lowest BCUT2D eigenvalue weighted by Gasteiger charge is -2.10. The Morgan fingerprint density at radius 1 is 1.27 bits per heavy atom. The molecule has 116 valence electrons. The molecule has 2 aromatic carbocycles. The third-order valence-corrected chi connectivity index (χ3v) is 4.86.